The van der Waals surface area contributed by atoms with E-state index in [2.05, 4.69) is 6.08 Å². The second-order valence-corrected chi connectivity index (χ2v) is 9.26. The van der Waals surface area contributed by atoms with Gasteiger partial charge in [0.15, 0.2) is 0 Å². The Morgan fingerprint density at radius 1 is 0.946 bits per heavy atom. The number of nitrogens with zero attached hydrogens (tertiary/aromatic N) is 2. The Bertz CT molecular complexity index is 1300. The molecular weight excluding hydrogens is 467 g/mol. The van der Waals surface area contributed by atoms with Gasteiger partial charge in [0, 0.05) is 11.5 Å². The molecule has 3 aromatic carbocycles. The predicted octanol–water partition coefficient (Wildman–Crippen LogP) is 7.06. The summed E-state index contributed by atoms with van der Waals surface area (Å²) in [6, 6.07) is 21.4. The first-order valence-electron chi connectivity index (χ1n) is 12.9. The number of ether oxygens (including phenoxy) is 2. The standard InChI is InChI=1S/C31H31FN2O3/c1-3-36-26-16-8-21(9-17-26)20-24-6-5-7-28-29(24)33-34(31(35)23-10-14-25(32)15-11-23)30(28)22-12-18-27(19-13-22)37-4-2/h8-20,28,30H,3-7H2,1-2H3/b24-20-/t28-,30-/m1/s1. The molecule has 2 atom stereocenters. The largest absolute Gasteiger partial charge is 0.494 e. The molecule has 2 aliphatic rings. The molecule has 0 bridgehead atoms. The molecule has 0 radical (unpaired) electrons. The van der Waals surface area contributed by atoms with E-state index in [1.165, 1.54) is 24.3 Å². The second kappa shape index (κ2) is 11.0. The van der Waals surface area contributed by atoms with Gasteiger partial charge in [-0.1, -0.05) is 24.3 Å². The van der Waals surface area contributed by atoms with Crippen molar-refractivity contribution in [3.8, 4) is 11.5 Å². The zero-order chi connectivity index (χ0) is 25.8. The molecule has 0 spiro atoms. The van der Waals surface area contributed by atoms with Crippen molar-refractivity contribution >= 4 is 17.7 Å². The average molecular weight is 499 g/mol. The SMILES string of the molecule is CCOc1ccc(/C=C2/CCC[C@@H]3C2=NN(C(=O)c2ccc(F)cc2)[C@@H]3c2ccc(OCC)cc2)cc1. The molecule has 3 aromatic rings. The molecule has 0 N–H and O–H groups in total. The molecule has 5 nitrogen and oxygen atoms in total. The summed E-state index contributed by atoms with van der Waals surface area (Å²) in [5, 5.41) is 6.53. The van der Waals surface area contributed by atoms with Gasteiger partial charge in [0.25, 0.3) is 5.91 Å². The Hall–Kier alpha value is -3.93. The molecule has 1 saturated carbocycles. The molecule has 0 aromatic heterocycles. The lowest BCUT2D eigenvalue weighted by molar-refractivity contribution is 0.0681. The topological polar surface area (TPSA) is 51.1 Å². The van der Waals surface area contributed by atoms with E-state index in [0.717, 1.165) is 53.2 Å². The monoisotopic (exact) mass is 498 g/mol. The number of benzene rings is 3. The fourth-order valence-electron chi connectivity index (χ4n) is 5.18. The number of amides is 1. The summed E-state index contributed by atoms with van der Waals surface area (Å²) in [5.74, 6) is 1.10. The Morgan fingerprint density at radius 2 is 1.57 bits per heavy atom. The minimum atomic E-state index is -0.374. The van der Waals surface area contributed by atoms with E-state index in [9.17, 15) is 9.18 Å². The van der Waals surface area contributed by atoms with Crippen LogP contribution in [0.25, 0.3) is 6.08 Å². The molecule has 0 unspecified atom stereocenters. The van der Waals surface area contributed by atoms with Crippen molar-refractivity contribution in [1.29, 1.82) is 0 Å². The van der Waals surface area contributed by atoms with Crippen molar-refractivity contribution in [2.75, 3.05) is 13.2 Å². The Balaban J connectivity index is 1.52. The minimum Gasteiger partial charge on any atom is -0.494 e. The highest BCUT2D eigenvalue weighted by Gasteiger charge is 2.44. The van der Waals surface area contributed by atoms with E-state index in [-0.39, 0.29) is 23.7 Å². The summed E-state index contributed by atoms with van der Waals surface area (Å²) in [4.78, 5) is 13.7. The van der Waals surface area contributed by atoms with Gasteiger partial charge in [-0.15, -0.1) is 0 Å². The smallest absolute Gasteiger partial charge is 0.274 e. The van der Waals surface area contributed by atoms with Gasteiger partial charge in [0.2, 0.25) is 0 Å². The summed E-state index contributed by atoms with van der Waals surface area (Å²) in [5.41, 5.74) is 4.59. The van der Waals surface area contributed by atoms with Crippen molar-refractivity contribution in [3.05, 3.63) is 101 Å². The zero-order valence-corrected chi connectivity index (χ0v) is 21.2. The van der Waals surface area contributed by atoms with Gasteiger partial charge >= 0.3 is 0 Å². The summed E-state index contributed by atoms with van der Waals surface area (Å²) >= 11 is 0. The normalized spacial score (nSPS) is 19.9. The number of halogens is 1. The van der Waals surface area contributed by atoms with Crippen LogP contribution < -0.4 is 9.47 Å². The van der Waals surface area contributed by atoms with Crippen molar-refractivity contribution < 1.29 is 18.7 Å². The average Bonchev–Trinajstić information content (AvgIpc) is 3.31. The number of carbonyl (C=O) groups excluding carboxylic acids is 1. The lowest BCUT2D eigenvalue weighted by atomic mass is 9.77. The van der Waals surface area contributed by atoms with Crippen LogP contribution in [-0.2, 0) is 0 Å². The molecule has 190 valence electrons. The molecule has 1 aliphatic heterocycles. The van der Waals surface area contributed by atoms with Gasteiger partial charge in [-0.25, -0.2) is 9.40 Å². The van der Waals surface area contributed by atoms with E-state index in [1.54, 1.807) is 5.01 Å². The van der Waals surface area contributed by atoms with Crippen LogP contribution in [-0.4, -0.2) is 29.8 Å². The number of carbonyl (C=O) groups is 1. The lowest BCUT2D eigenvalue weighted by Crippen LogP contribution is -2.31. The third-order valence-electron chi connectivity index (χ3n) is 6.87. The van der Waals surface area contributed by atoms with E-state index in [0.29, 0.717) is 18.8 Å². The maximum atomic E-state index is 13.7. The predicted molar refractivity (Wildman–Crippen MR) is 143 cm³/mol. The first-order chi connectivity index (χ1) is 18.1. The van der Waals surface area contributed by atoms with Gasteiger partial charge in [-0.05, 0) is 104 Å². The second-order valence-electron chi connectivity index (χ2n) is 9.26. The van der Waals surface area contributed by atoms with Crippen molar-refractivity contribution in [2.45, 2.75) is 39.2 Å². The fourth-order valence-corrected chi connectivity index (χ4v) is 5.18. The Labute approximate surface area is 217 Å². The molecule has 0 saturated heterocycles. The van der Waals surface area contributed by atoms with Crippen LogP contribution in [0.5, 0.6) is 11.5 Å². The molecule has 1 aliphatic carbocycles. The van der Waals surface area contributed by atoms with E-state index in [1.807, 2.05) is 62.4 Å². The van der Waals surface area contributed by atoms with Crippen LogP contribution in [0, 0.1) is 11.7 Å². The lowest BCUT2D eigenvalue weighted by Gasteiger charge is -2.29. The van der Waals surface area contributed by atoms with Gasteiger partial charge in [-0.3, -0.25) is 4.79 Å². The van der Waals surface area contributed by atoms with Crippen LogP contribution in [0.1, 0.15) is 60.6 Å². The molecule has 1 fully saturated rings. The van der Waals surface area contributed by atoms with Gasteiger partial charge < -0.3 is 9.47 Å². The highest BCUT2D eigenvalue weighted by molar-refractivity contribution is 6.09. The molecular formula is C31H31FN2O3. The Morgan fingerprint density at radius 3 is 2.19 bits per heavy atom. The Kier molecular flexibility index (Phi) is 7.35. The first kappa shape index (κ1) is 24.8. The van der Waals surface area contributed by atoms with Crippen LogP contribution in [0.4, 0.5) is 4.39 Å². The van der Waals surface area contributed by atoms with E-state index < -0.39 is 0 Å². The molecule has 1 amide bonds. The number of allylic oxidation sites excluding steroid dienone is 1. The van der Waals surface area contributed by atoms with Crippen LogP contribution in [0.15, 0.2) is 83.5 Å². The van der Waals surface area contributed by atoms with Crippen molar-refractivity contribution in [2.24, 2.45) is 11.0 Å². The fraction of sp³-hybridized carbons (Fsp3) is 0.290. The summed E-state index contributed by atoms with van der Waals surface area (Å²) < 4.78 is 24.8. The van der Waals surface area contributed by atoms with Crippen molar-refractivity contribution in [3.63, 3.8) is 0 Å². The van der Waals surface area contributed by atoms with Gasteiger partial charge in [0.05, 0.1) is 25.0 Å². The van der Waals surface area contributed by atoms with Crippen LogP contribution in [0.2, 0.25) is 0 Å². The van der Waals surface area contributed by atoms with Crippen LogP contribution >= 0.6 is 0 Å². The highest BCUT2D eigenvalue weighted by Crippen LogP contribution is 2.45. The molecule has 6 heteroatoms. The molecule has 37 heavy (non-hydrogen) atoms. The summed E-state index contributed by atoms with van der Waals surface area (Å²) in [7, 11) is 0. The maximum absolute atomic E-state index is 13.7. The molecule has 5 rings (SSSR count). The number of rotatable bonds is 7. The first-order valence-corrected chi connectivity index (χ1v) is 12.9. The quantitative estimate of drug-likeness (QED) is 0.350. The van der Waals surface area contributed by atoms with E-state index in [4.69, 9.17) is 14.6 Å². The van der Waals surface area contributed by atoms with Gasteiger partial charge in [-0.2, -0.15) is 5.10 Å². The third-order valence-corrected chi connectivity index (χ3v) is 6.87. The van der Waals surface area contributed by atoms with E-state index >= 15 is 0 Å². The number of fused-ring (bicyclic) bond motifs is 1. The third kappa shape index (κ3) is 5.29. The van der Waals surface area contributed by atoms with Gasteiger partial charge in [0.1, 0.15) is 17.3 Å². The number of hydrazone groups is 1. The van der Waals surface area contributed by atoms with Crippen molar-refractivity contribution in [1.82, 2.24) is 5.01 Å². The highest BCUT2D eigenvalue weighted by atomic mass is 19.1. The minimum absolute atomic E-state index is 0.0741. The summed E-state index contributed by atoms with van der Waals surface area (Å²) in [6.07, 6.45) is 5.02. The maximum Gasteiger partial charge on any atom is 0.274 e. The number of hydrogen-bond donors (Lipinski definition) is 0. The summed E-state index contributed by atoms with van der Waals surface area (Å²) in [6.45, 7) is 5.14. The zero-order valence-electron chi connectivity index (χ0n) is 21.2. The van der Waals surface area contributed by atoms with Crippen LogP contribution in [0.3, 0.4) is 0 Å². The number of hydrogen-bond acceptors (Lipinski definition) is 4. The molecule has 1 heterocycles.